The molecular formula is C18H21FN2O3S. The third kappa shape index (κ3) is 6.64. The molecule has 25 heavy (non-hydrogen) atoms. The Morgan fingerprint density at radius 3 is 2.28 bits per heavy atom. The van der Waals surface area contributed by atoms with Gasteiger partial charge in [-0.1, -0.05) is 42.5 Å². The molecule has 0 atom stereocenters. The largest absolute Gasteiger partial charge is 0.352 e. The van der Waals surface area contributed by atoms with Crippen LogP contribution < -0.4 is 5.32 Å². The normalized spacial score (nSPS) is 11.5. The van der Waals surface area contributed by atoms with Gasteiger partial charge < -0.3 is 5.32 Å². The molecule has 5 nitrogen and oxygen atoms in total. The third-order valence-corrected chi connectivity index (χ3v) is 4.91. The van der Waals surface area contributed by atoms with Gasteiger partial charge in [-0.3, -0.25) is 4.79 Å². The number of benzene rings is 2. The van der Waals surface area contributed by atoms with E-state index in [-0.39, 0.29) is 37.8 Å². The van der Waals surface area contributed by atoms with E-state index in [0.29, 0.717) is 0 Å². The zero-order valence-corrected chi connectivity index (χ0v) is 14.8. The highest BCUT2D eigenvalue weighted by Crippen LogP contribution is 2.09. The van der Waals surface area contributed by atoms with Crippen LogP contribution >= 0.6 is 0 Å². The average Bonchev–Trinajstić information content (AvgIpc) is 2.58. The summed E-state index contributed by atoms with van der Waals surface area (Å²) in [5.74, 6) is -0.592. The molecular weight excluding hydrogens is 343 g/mol. The van der Waals surface area contributed by atoms with Crippen LogP contribution in [0.2, 0.25) is 0 Å². The summed E-state index contributed by atoms with van der Waals surface area (Å²) in [4.78, 5) is 12.0. The smallest absolute Gasteiger partial charge is 0.221 e. The van der Waals surface area contributed by atoms with Gasteiger partial charge in [0.1, 0.15) is 5.82 Å². The van der Waals surface area contributed by atoms with Gasteiger partial charge in [-0.05, 0) is 23.3 Å². The highest BCUT2D eigenvalue weighted by atomic mass is 32.2. The molecule has 134 valence electrons. The molecule has 0 radical (unpaired) electrons. The molecule has 2 rings (SSSR count). The molecule has 0 bridgehead atoms. The lowest BCUT2D eigenvalue weighted by Crippen LogP contribution is -2.34. The minimum atomic E-state index is -3.42. The zero-order chi connectivity index (χ0) is 18.3. The van der Waals surface area contributed by atoms with Crippen LogP contribution in [0.4, 0.5) is 4.39 Å². The highest BCUT2D eigenvalue weighted by molar-refractivity contribution is 7.88. The average molecular weight is 364 g/mol. The minimum absolute atomic E-state index is 0.0566. The van der Waals surface area contributed by atoms with Crippen molar-refractivity contribution >= 4 is 15.9 Å². The van der Waals surface area contributed by atoms with Gasteiger partial charge in [0, 0.05) is 26.1 Å². The molecule has 0 saturated heterocycles. The van der Waals surface area contributed by atoms with Gasteiger partial charge in [0.2, 0.25) is 15.9 Å². The van der Waals surface area contributed by atoms with Crippen molar-refractivity contribution in [3.05, 3.63) is 71.5 Å². The third-order valence-electron chi connectivity index (χ3n) is 3.66. The van der Waals surface area contributed by atoms with Crippen LogP contribution in [0.3, 0.4) is 0 Å². The van der Waals surface area contributed by atoms with Crippen LogP contribution in [0.25, 0.3) is 0 Å². The summed E-state index contributed by atoms with van der Waals surface area (Å²) in [6.07, 6.45) is 1.19. The molecule has 7 heteroatoms. The number of carbonyl (C=O) groups excluding carboxylic acids is 1. The summed E-state index contributed by atoms with van der Waals surface area (Å²) in [7, 11) is -3.42. The molecule has 0 unspecified atom stereocenters. The Morgan fingerprint density at radius 1 is 1.04 bits per heavy atom. The molecule has 2 aromatic rings. The van der Waals surface area contributed by atoms with Crippen LogP contribution in [-0.4, -0.2) is 31.4 Å². The number of halogens is 1. The van der Waals surface area contributed by atoms with Gasteiger partial charge in [-0.25, -0.2) is 12.8 Å². The Kier molecular flexibility index (Phi) is 6.66. The number of carbonyl (C=O) groups is 1. The molecule has 0 spiro atoms. The topological polar surface area (TPSA) is 66.5 Å². The summed E-state index contributed by atoms with van der Waals surface area (Å²) in [6, 6.07) is 15.0. The van der Waals surface area contributed by atoms with Gasteiger partial charge >= 0.3 is 0 Å². The van der Waals surface area contributed by atoms with E-state index in [1.54, 1.807) is 12.1 Å². The molecule has 0 heterocycles. The van der Waals surface area contributed by atoms with Crippen molar-refractivity contribution in [3.63, 3.8) is 0 Å². The number of rotatable bonds is 8. The fourth-order valence-electron chi connectivity index (χ4n) is 2.27. The van der Waals surface area contributed by atoms with E-state index >= 15 is 0 Å². The maximum atomic E-state index is 12.8. The van der Waals surface area contributed by atoms with Crippen LogP contribution in [0.1, 0.15) is 17.5 Å². The van der Waals surface area contributed by atoms with E-state index in [0.717, 1.165) is 17.4 Å². The van der Waals surface area contributed by atoms with E-state index in [1.165, 1.54) is 16.4 Å². The monoisotopic (exact) mass is 364 g/mol. The fourth-order valence-corrected chi connectivity index (χ4v) is 3.07. The number of sulfonamides is 1. The second-order valence-electron chi connectivity index (χ2n) is 5.74. The summed E-state index contributed by atoms with van der Waals surface area (Å²) in [5, 5.41) is 2.71. The van der Waals surface area contributed by atoms with E-state index in [4.69, 9.17) is 0 Å². The summed E-state index contributed by atoms with van der Waals surface area (Å²) in [6.45, 7) is 0.602. The predicted octanol–water partition coefficient (Wildman–Crippen LogP) is 2.29. The number of nitrogens with one attached hydrogen (secondary N) is 1. The molecule has 0 fully saturated rings. The van der Waals surface area contributed by atoms with Crippen LogP contribution in [0.5, 0.6) is 0 Å². The Morgan fingerprint density at radius 2 is 1.68 bits per heavy atom. The minimum Gasteiger partial charge on any atom is -0.352 e. The summed E-state index contributed by atoms with van der Waals surface area (Å²) in [5.41, 5.74) is 1.64. The van der Waals surface area contributed by atoms with E-state index in [1.807, 2.05) is 30.3 Å². The van der Waals surface area contributed by atoms with Gasteiger partial charge in [-0.15, -0.1) is 0 Å². The van der Waals surface area contributed by atoms with Crippen molar-refractivity contribution in [2.45, 2.75) is 19.5 Å². The van der Waals surface area contributed by atoms with Crippen LogP contribution in [0.15, 0.2) is 54.6 Å². The zero-order valence-electron chi connectivity index (χ0n) is 14.0. The first-order valence-corrected chi connectivity index (χ1v) is 9.69. The fraction of sp³-hybridized carbons (Fsp3) is 0.278. The first-order chi connectivity index (χ1) is 11.8. The van der Waals surface area contributed by atoms with E-state index in [2.05, 4.69) is 5.32 Å². The van der Waals surface area contributed by atoms with Crippen molar-refractivity contribution in [1.82, 2.24) is 9.62 Å². The molecule has 0 aliphatic heterocycles. The van der Waals surface area contributed by atoms with E-state index < -0.39 is 10.0 Å². The molecule has 0 saturated carbocycles. The Bertz CT molecular complexity index is 793. The van der Waals surface area contributed by atoms with Crippen LogP contribution in [-0.2, 0) is 27.9 Å². The maximum absolute atomic E-state index is 12.8. The molecule has 2 aromatic carbocycles. The molecule has 0 aliphatic rings. The van der Waals surface area contributed by atoms with Crippen molar-refractivity contribution in [1.29, 1.82) is 0 Å². The Labute approximate surface area is 147 Å². The van der Waals surface area contributed by atoms with Gasteiger partial charge in [0.25, 0.3) is 0 Å². The lowest BCUT2D eigenvalue weighted by atomic mass is 10.2. The number of hydrogen-bond donors (Lipinski definition) is 1. The van der Waals surface area contributed by atoms with Crippen molar-refractivity contribution in [2.75, 3.05) is 12.8 Å². The SMILES string of the molecule is CS(=O)(=O)N(CCC(=O)NCc1ccc(F)cc1)Cc1ccccc1. The number of hydrogen-bond acceptors (Lipinski definition) is 3. The van der Waals surface area contributed by atoms with Crippen molar-refractivity contribution < 1.29 is 17.6 Å². The van der Waals surface area contributed by atoms with Gasteiger partial charge in [-0.2, -0.15) is 4.31 Å². The maximum Gasteiger partial charge on any atom is 0.221 e. The summed E-state index contributed by atoms with van der Waals surface area (Å²) >= 11 is 0. The number of nitrogens with zero attached hydrogens (tertiary/aromatic N) is 1. The lowest BCUT2D eigenvalue weighted by molar-refractivity contribution is -0.121. The van der Waals surface area contributed by atoms with Crippen molar-refractivity contribution in [2.24, 2.45) is 0 Å². The molecule has 0 aliphatic carbocycles. The lowest BCUT2D eigenvalue weighted by Gasteiger charge is -2.19. The Balaban J connectivity index is 1.87. The number of amides is 1. The molecule has 1 N–H and O–H groups in total. The first kappa shape index (κ1) is 19.1. The highest BCUT2D eigenvalue weighted by Gasteiger charge is 2.18. The van der Waals surface area contributed by atoms with E-state index in [9.17, 15) is 17.6 Å². The Hall–Kier alpha value is -2.25. The first-order valence-electron chi connectivity index (χ1n) is 7.85. The van der Waals surface area contributed by atoms with Gasteiger partial charge in [0.05, 0.1) is 6.26 Å². The second kappa shape index (κ2) is 8.73. The molecule has 0 aromatic heterocycles. The van der Waals surface area contributed by atoms with Crippen LogP contribution in [0, 0.1) is 5.82 Å². The van der Waals surface area contributed by atoms with Gasteiger partial charge in [0.15, 0.2) is 0 Å². The summed E-state index contributed by atoms with van der Waals surface area (Å²) < 4.78 is 38.0. The van der Waals surface area contributed by atoms with Crippen molar-refractivity contribution in [3.8, 4) is 0 Å². The molecule has 1 amide bonds. The quantitative estimate of drug-likeness (QED) is 0.782. The predicted molar refractivity (Wildman–Crippen MR) is 94.6 cm³/mol. The second-order valence-corrected chi connectivity index (χ2v) is 7.72. The standard InChI is InChI=1S/C18H21FN2O3S/c1-25(23,24)21(14-16-5-3-2-4-6-16)12-11-18(22)20-13-15-7-9-17(19)10-8-15/h2-10H,11-14H2,1H3,(H,20,22).